The van der Waals surface area contributed by atoms with Crippen molar-refractivity contribution in [2.24, 2.45) is 0 Å². The van der Waals surface area contributed by atoms with E-state index < -0.39 is 5.97 Å². The molecule has 24 heavy (non-hydrogen) atoms. The number of aromatic nitrogens is 2. The minimum Gasteiger partial charge on any atom is -0.496 e. The number of carbonyl (C=O) groups excluding carboxylic acids is 1. The molecule has 126 valence electrons. The third kappa shape index (κ3) is 3.84. The van der Waals surface area contributed by atoms with E-state index in [-0.39, 0.29) is 12.3 Å². The van der Waals surface area contributed by atoms with Gasteiger partial charge in [0.1, 0.15) is 12.4 Å². The Balaban J connectivity index is 1.59. The fraction of sp³-hybridized carbons (Fsp3) is 0.353. The van der Waals surface area contributed by atoms with E-state index in [1.165, 1.54) is 12.8 Å². The largest absolute Gasteiger partial charge is 0.496 e. The standard InChI is InChI=1S/C17H18BrN3O3/c1-23-15-6-4-12(10-13(15)18)11-24-17(22)14-5-7-16(20-19-14)21-8-2-3-9-21/h4-7,10H,2-3,8-9,11H2,1H3. The number of carbonyl (C=O) groups is 1. The average Bonchev–Trinajstić information content (AvgIpc) is 3.14. The zero-order valence-corrected chi connectivity index (χ0v) is 15.0. The predicted molar refractivity (Wildman–Crippen MR) is 93.3 cm³/mol. The van der Waals surface area contributed by atoms with E-state index in [0.717, 1.165) is 34.7 Å². The highest BCUT2D eigenvalue weighted by atomic mass is 79.9. The van der Waals surface area contributed by atoms with Crippen LogP contribution in [0.2, 0.25) is 0 Å². The van der Waals surface area contributed by atoms with Gasteiger partial charge in [-0.15, -0.1) is 10.2 Å². The summed E-state index contributed by atoms with van der Waals surface area (Å²) in [6, 6.07) is 9.00. The Labute approximate surface area is 148 Å². The van der Waals surface area contributed by atoms with Gasteiger partial charge in [-0.2, -0.15) is 0 Å². The molecule has 0 spiro atoms. The van der Waals surface area contributed by atoms with Crippen LogP contribution in [-0.4, -0.2) is 36.4 Å². The number of halogens is 1. The summed E-state index contributed by atoms with van der Waals surface area (Å²) in [5, 5.41) is 8.11. The van der Waals surface area contributed by atoms with Crippen molar-refractivity contribution in [3.63, 3.8) is 0 Å². The molecule has 6 nitrogen and oxygen atoms in total. The van der Waals surface area contributed by atoms with Gasteiger partial charge in [-0.05, 0) is 58.6 Å². The zero-order chi connectivity index (χ0) is 16.9. The van der Waals surface area contributed by atoms with Crippen LogP contribution in [-0.2, 0) is 11.3 Å². The molecule has 0 radical (unpaired) electrons. The summed E-state index contributed by atoms with van der Waals surface area (Å²) in [7, 11) is 1.60. The lowest BCUT2D eigenvalue weighted by atomic mass is 10.2. The lowest BCUT2D eigenvalue weighted by molar-refractivity contribution is 0.0464. The second kappa shape index (κ2) is 7.61. The van der Waals surface area contributed by atoms with E-state index in [4.69, 9.17) is 9.47 Å². The van der Waals surface area contributed by atoms with E-state index in [0.29, 0.717) is 0 Å². The first-order chi connectivity index (χ1) is 11.7. The minimum absolute atomic E-state index is 0.164. The van der Waals surface area contributed by atoms with E-state index >= 15 is 0 Å². The first-order valence-corrected chi connectivity index (χ1v) is 8.55. The normalized spacial score (nSPS) is 13.8. The first kappa shape index (κ1) is 16.7. The molecule has 2 heterocycles. The summed E-state index contributed by atoms with van der Waals surface area (Å²) in [6.45, 7) is 2.15. The molecule has 3 rings (SSSR count). The molecule has 1 fully saturated rings. The van der Waals surface area contributed by atoms with Crippen molar-refractivity contribution < 1.29 is 14.3 Å². The fourth-order valence-electron chi connectivity index (χ4n) is 2.57. The van der Waals surface area contributed by atoms with Crippen LogP contribution in [0.15, 0.2) is 34.8 Å². The van der Waals surface area contributed by atoms with Gasteiger partial charge in [0, 0.05) is 13.1 Å². The number of methoxy groups -OCH3 is 1. The Morgan fingerprint density at radius 2 is 2.00 bits per heavy atom. The lowest BCUT2D eigenvalue weighted by Gasteiger charge is -2.15. The van der Waals surface area contributed by atoms with Crippen LogP contribution < -0.4 is 9.64 Å². The Bertz CT molecular complexity index is 716. The number of hydrogen-bond acceptors (Lipinski definition) is 6. The molecule has 1 aliphatic rings. The molecular weight excluding hydrogens is 374 g/mol. The van der Waals surface area contributed by atoms with Crippen molar-refractivity contribution in [3.8, 4) is 5.75 Å². The lowest BCUT2D eigenvalue weighted by Crippen LogP contribution is -2.20. The minimum atomic E-state index is -0.484. The maximum absolute atomic E-state index is 12.1. The molecule has 0 N–H and O–H groups in total. The highest BCUT2D eigenvalue weighted by molar-refractivity contribution is 9.10. The van der Waals surface area contributed by atoms with Crippen molar-refractivity contribution in [2.75, 3.05) is 25.1 Å². The number of ether oxygens (including phenoxy) is 2. The second-order valence-electron chi connectivity index (χ2n) is 5.52. The topological polar surface area (TPSA) is 64.6 Å². The van der Waals surface area contributed by atoms with Gasteiger partial charge in [-0.3, -0.25) is 0 Å². The van der Waals surface area contributed by atoms with Crippen molar-refractivity contribution in [1.82, 2.24) is 10.2 Å². The van der Waals surface area contributed by atoms with Gasteiger partial charge in [0.25, 0.3) is 0 Å². The van der Waals surface area contributed by atoms with Gasteiger partial charge in [0.2, 0.25) is 0 Å². The van der Waals surface area contributed by atoms with E-state index in [1.54, 1.807) is 13.2 Å². The van der Waals surface area contributed by atoms with Gasteiger partial charge < -0.3 is 14.4 Å². The zero-order valence-electron chi connectivity index (χ0n) is 13.4. The number of nitrogens with zero attached hydrogens (tertiary/aromatic N) is 3. The van der Waals surface area contributed by atoms with Gasteiger partial charge in [-0.25, -0.2) is 4.79 Å². The van der Waals surface area contributed by atoms with E-state index in [1.807, 2.05) is 24.3 Å². The second-order valence-corrected chi connectivity index (χ2v) is 6.37. The Morgan fingerprint density at radius 3 is 2.62 bits per heavy atom. The van der Waals surface area contributed by atoms with Crippen molar-refractivity contribution >= 4 is 27.7 Å². The summed E-state index contributed by atoms with van der Waals surface area (Å²) in [4.78, 5) is 14.2. The number of esters is 1. The van der Waals surface area contributed by atoms with Crippen LogP contribution in [0.4, 0.5) is 5.82 Å². The Morgan fingerprint density at radius 1 is 1.21 bits per heavy atom. The third-order valence-electron chi connectivity index (χ3n) is 3.88. The average molecular weight is 392 g/mol. The monoisotopic (exact) mass is 391 g/mol. The van der Waals surface area contributed by atoms with Crippen LogP contribution in [0.1, 0.15) is 28.9 Å². The molecule has 1 aliphatic heterocycles. The molecule has 1 saturated heterocycles. The molecule has 1 aromatic carbocycles. The van der Waals surface area contributed by atoms with Gasteiger partial charge in [0.05, 0.1) is 11.6 Å². The van der Waals surface area contributed by atoms with Crippen molar-refractivity contribution in [3.05, 3.63) is 46.1 Å². The summed E-state index contributed by atoms with van der Waals surface area (Å²) in [5.74, 6) is 1.05. The van der Waals surface area contributed by atoms with Crippen LogP contribution in [0, 0.1) is 0 Å². The molecule has 2 aromatic rings. The number of hydrogen-bond donors (Lipinski definition) is 0. The summed E-state index contributed by atoms with van der Waals surface area (Å²) in [6.07, 6.45) is 2.34. The van der Waals surface area contributed by atoms with Gasteiger partial charge >= 0.3 is 5.97 Å². The van der Waals surface area contributed by atoms with Crippen LogP contribution in [0.3, 0.4) is 0 Å². The smallest absolute Gasteiger partial charge is 0.359 e. The molecule has 0 bridgehead atoms. The quantitative estimate of drug-likeness (QED) is 0.729. The SMILES string of the molecule is COc1ccc(COC(=O)c2ccc(N3CCCC3)nn2)cc1Br. The predicted octanol–water partition coefficient (Wildman–Crippen LogP) is 3.20. The number of anilines is 1. The van der Waals surface area contributed by atoms with E-state index in [2.05, 4.69) is 31.0 Å². The summed E-state index contributed by atoms with van der Waals surface area (Å²) >= 11 is 3.41. The molecule has 0 saturated carbocycles. The fourth-order valence-corrected chi connectivity index (χ4v) is 3.16. The van der Waals surface area contributed by atoms with Crippen LogP contribution >= 0.6 is 15.9 Å². The highest BCUT2D eigenvalue weighted by Gasteiger charge is 2.16. The van der Waals surface area contributed by atoms with Crippen LogP contribution in [0.25, 0.3) is 0 Å². The van der Waals surface area contributed by atoms with Gasteiger partial charge in [-0.1, -0.05) is 6.07 Å². The Hall–Kier alpha value is -2.15. The summed E-state index contributed by atoms with van der Waals surface area (Å²) in [5.41, 5.74) is 1.07. The number of benzene rings is 1. The maximum atomic E-state index is 12.1. The molecule has 1 aromatic heterocycles. The first-order valence-electron chi connectivity index (χ1n) is 7.75. The molecular formula is C17H18BrN3O3. The summed E-state index contributed by atoms with van der Waals surface area (Å²) < 4.78 is 11.3. The maximum Gasteiger partial charge on any atom is 0.359 e. The number of rotatable bonds is 5. The van der Waals surface area contributed by atoms with Crippen molar-refractivity contribution in [1.29, 1.82) is 0 Å². The Kier molecular flexibility index (Phi) is 5.30. The molecule has 0 unspecified atom stereocenters. The van der Waals surface area contributed by atoms with Gasteiger partial charge in [0.15, 0.2) is 11.5 Å². The van der Waals surface area contributed by atoms with E-state index in [9.17, 15) is 4.79 Å². The molecule has 0 atom stereocenters. The molecule has 0 aliphatic carbocycles. The van der Waals surface area contributed by atoms with Crippen molar-refractivity contribution in [2.45, 2.75) is 19.4 Å². The highest BCUT2D eigenvalue weighted by Crippen LogP contribution is 2.26. The van der Waals surface area contributed by atoms with Crippen LogP contribution in [0.5, 0.6) is 5.75 Å². The molecule has 7 heteroatoms. The molecule has 0 amide bonds. The third-order valence-corrected chi connectivity index (χ3v) is 4.50.